The number of nitrogens with zero attached hydrogens (tertiary/aromatic N) is 2. The largest absolute Gasteiger partial charge is 0.336 e. The molecule has 0 atom stereocenters. The van der Waals surface area contributed by atoms with Gasteiger partial charge < -0.3 is 10.2 Å². The van der Waals surface area contributed by atoms with Gasteiger partial charge in [0, 0.05) is 36.8 Å². The van der Waals surface area contributed by atoms with E-state index >= 15 is 0 Å². The quantitative estimate of drug-likeness (QED) is 0.589. The molecule has 2 saturated heterocycles. The molecule has 2 aliphatic rings. The van der Waals surface area contributed by atoms with Crippen LogP contribution in [0, 0.1) is 0 Å². The lowest BCUT2D eigenvalue weighted by Crippen LogP contribution is -2.50. The second-order valence-electron chi connectivity index (χ2n) is 9.00. The number of carbonyl (C=O) groups excluding carboxylic acids is 1. The highest BCUT2D eigenvalue weighted by molar-refractivity contribution is 7.89. The van der Waals surface area contributed by atoms with E-state index in [1.807, 2.05) is 24.3 Å². The van der Waals surface area contributed by atoms with Crippen LogP contribution in [0.2, 0.25) is 5.02 Å². The third kappa shape index (κ3) is 4.70. The zero-order valence-corrected chi connectivity index (χ0v) is 20.5. The molecular formula is C26H28ClN3O3S. The first-order chi connectivity index (χ1) is 16.4. The van der Waals surface area contributed by atoms with Crippen LogP contribution in [0.5, 0.6) is 0 Å². The molecule has 0 spiro atoms. The van der Waals surface area contributed by atoms with Crippen LogP contribution in [0.3, 0.4) is 0 Å². The third-order valence-corrected chi connectivity index (χ3v) is 9.04. The number of fused-ring (bicyclic) bond motifs is 1. The first-order valence-electron chi connectivity index (χ1n) is 11.7. The predicted molar refractivity (Wildman–Crippen MR) is 135 cm³/mol. The molecule has 3 aromatic carbocycles. The molecule has 0 unspecified atom stereocenters. The van der Waals surface area contributed by atoms with Crippen molar-refractivity contribution in [2.24, 2.45) is 0 Å². The van der Waals surface area contributed by atoms with Crippen molar-refractivity contribution in [3.8, 4) is 0 Å². The summed E-state index contributed by atoms with van der Waals surface area (Å²) in [6, 6.07) is 18.4. The van der Waals surface area contributed by atoms with Gasteiger partial charge in [0.1, 0.15) is 0 Å². The lowest BCUT2D eigenvalue weighted by atomic mass is 9.90. The van der Waals surface area contributed by atoms with Crippen molar-refractivity contribution < 1.29 is 13.2 Å². The Kier molecular flexibility index (Phi) is 6.62. The SMILES string of the molecule is O=C(c1ccc(C2CCNCC2)cc1)N1CCN(S(=O)(=O)c2ccc3cc(Cl)ccc3c2)CC1. The second kappa shape index (κ2) is 9.66. The highest BCUT2D eigenvalue weighted by Crippen LogP contribution is 2.27. The van der Waals surface area contributed by atoms with Gasteiger partial charge in [-0.05, 0) is 84.6 Å². The van der Waals surface area contributed by atoms with Gasteiger partial charge in [-0.1, -0.05) is 35.9 Å². The average molecular weight is 498 g/mol. The molecule has 0 saturated carbocycles. The molecule has 34 heavy (non-hydrogen) atoms. The van der Waals surface area contributed by atoms with Crippen LogP contribution >= 0.6 is 11.6 Å². The summed E-state index contributed by atoms with van der Waals surface area (Å²) in [6.45, 7) is 3.37. The summed E-state index contributed by atoms with van der Waals surface area (Å²) in [5.41, 5.74) is 1.94. The van der Waals surface area contributed by atoms with E-state index in [9.17, 15) is 13.2 Å². The molecule has 1 amide bonds. The van der Waals surface area contributed by atoms with Gasteiger partial charge in [-0.3, -0.25) is 4.79 Å². The zero-order chi connectivity index (χ0) is 23.7. The predicted octanol–water partition coefficient (Wildman–Crippen LogP) is 4.11. The van der Waals surface area contributed by atoms with Crippen molar-refractivity contribution >= 4 is 38.3 Å². The fourth-order valence-electron chi connectivity index (χ4n) is 4.87. The standard InChI is InChI=1S/C26H28ClN3O3S/c27-24-7-5-23-18-25(8-6-22(23)17-24)34(32,33)30-15-13-29(14-16-30)26(31)21-3-1-19(2-4-21)20-9-11-28-12-10-20/h1-8,17-18,20,28H,9-16H2. The highest BCUT2D eigenvalue weighted by Gasteiger charge is 2.30. The minimum Gasteiger partial charge on any atom is -0.336 e. The normalized spacial score (nSPS) is 18.3. The molecule has 0 radical (unpaired) electrons. The Bertz CT molecular complexity index is 1300. The van der Waals surface area contributed by atoms with Gasteiger partial charge in [-0.2, -0.15) is 4.31 Å². The van der Waals surface area contributed by atoms with Gasteiger partial charge in [0.05, 0.1) is 4.90 Å². The summed E-state index contributed by atoms with van der Waals surface area (Å²) < 4.78 is 27.9. The van der Waals surface area contributed by atoms with E-state index in [0.717, 1.165) is 36.7 Å². The van der Waals surface area contributed by atoms with Crippen LogP contribution in [-0.4, -0.2) is 62.8 Å². The number of benzene rings is 3. The van der Waals surface area contributed by atoms with Crippen LogP contribution in [0.25, 0.3) is 10.8 Å². The molecule has 0 aromatic heterocycles. The molecule has 1 N–H and O–H groups in total. The maximum absolute atomic E-state index is 13.2. The number of sulfonamides is 1. The van der Waals surface area contributed by atoms with Crippen molar-refractivity contribution in [1.29, 1.82) is 0 Å². The van der Waals surface area contributed by atoms with Crippen LogP contribution in [0.15, 0.2) is 65.6 Å². The number of nitrogens with one attached hydrogen (secondary N) is 1. The summed E-state index contributed by atoms with van der Waals surface area (Å²) >= 11 is 6.04. The molecule has 3 aromatic rings. The number of piperazine rings is 1. The Morgan fingerprint density at radius 3 is 2.21 bits per heavy atom. The van der Waals surface area contributed by atoms with Gasteiger partial charge in [0.15, 0.2) is 0 Å². The monoisotopic (exact) mass is 497 g/mol. The minimum absolute atomic E-state index is 0.0449. The van der Waals surface area contributed by atoms with Crippen molar-refractivity contribution in [1.82, 2.24) is 14.5 Å². The number of piperidine rings is 1. The molecule has 2 fully saturated rings. The van der Waals surface area contributed by atoms with Gasteiger partial charge in [-0.15, -0.1) is 0 Å². The number of amides is 1. The smallest absolute Gasteiger partial charge is 0.253 e. The number of hydrogen-bond donors (Lipinski definition) is 1. The molecule has 2 aliphatic heterocycles. The maximum Gasteiger partial charge on any atom is 0.253 e. The molecule has 5 rings (SSSR count). The van der Waals surface area contributed by atoms with E-state index in [1.165, 1.54) is 9.87 Å². The molecule has 178 valence electrons. The summed E-state index contributed by atoms with van der Waals surface area (Å²) in [6.07, 6.45) is 2.24. The zero-order valence-electron chi connectivity index (χ0n) is 18.9. The summed E-state index contributed by atoms with van der Waals surface area (Å²) in [5.74, 6) is 0.503. The van der Waals surface area contributed by atoms with Crippen LogP contribution < -0.4 is 5.32 Å². The lowest BCUT2D eigenvalue weighted by Gasteiger charge is -2.34. The van der Waals surface area contributed by atoms with Gasteiger partial charge in [-0.25, -0.2) is 8.42 Å². The lowest BCUT2D eigenvalue weighted by molar-refractivity contribution is 0.0698. The van der Waals surface area contributed by atoms with E-state index in [-0.39, 0.29) is 23.9 Å². The Morgan fingerprint density at radius 1 is 0.853 bits per heavy atom. The fourth-order valence-corrected chi connectivity index (χ4v) is 6.51. The Morgan fingerprint density at radius 2 is 1.50 bits per heavy atom. The van der Waals surface area contributed by atoms with E-state index in [1.54, 1.807) is 29.2 Å². The highest BCUT2D eigenvalue weighted by atomic mass is 35.5. The van der Waals surface area contributed by atoms with Crippen molar-refractivity contribution in [3.05, 3.63) is 76.8 Å². The number of carbonyl (C=O) groups is 1. The second-order valence-corrected chi connectivity index (χ2v) is 11.4. The van der Waals surface area contributed by atoms with Crippen molar-refractivity contribution in [3.63, 3.8) is 0 Å². The van der Waals surface area contributed by atoms with E-state index < -0.39 is 10.0 Å². The Hall–Kier alpha value is -2.45. The number of rotatable bonds is 4. The molecular weight excluding hydrogens is 470 g/mol. The topological polar surface area (TPSA) is 69.7 Å². The van der Waals surface area contributed by atoms with Crippen LogP contribution in [0.4, 0.5) is 0 Å². The Labute approximate surface area is 205 Å². The fraction of sp³-hybridized carbons (Fsp3) is 0.346. The van der Waals surface area contributed by atoms with Gasteiger partial charge in [0.25, 0.3) is 5.91 Å². The van der Waals surface area contributed by atoms with E-state index in [0.29, 0.717) is 29.6 Å². The van der Waals surface area contributed by atoms with Crippen molar-refractivity contribution in [2.45, 2.75) is 23.7 Å². The molecule has 2 heterocycles. The first kappa shape index (κ1) is 23.3. The number of halogens is 1. The molecule has 0 bridgehead atoms. The van der Waals surface area contributed by atoms with Crippen molar-refractivity contribution in [2.75, 3.05) is 39.3 Å². The van der Waals surface area contributed by atoms with Gasteiger partial charge in [0.2, 0.25) is 10.0 Å². The summed E-state index contributed by atoms with van der Waals surface area (Å²) in [4.78, 5) is 15.0. The van der Waals surface area contributed by atoms with Crippen LogP contribution in [-0.2, 0) is 10.0 Å². The summed E-state index contributed by atoms with van der Waals surface area (Å²) in [7, 11) is -3.64. The summed E-state index contributed by atoms with van der Waals surface area (Å²) in [5, 5.41) is 5.72. The van der Waals surface area contributed by atoms with Crippen LogP contribution in [0.1, 0.15) is 34.7 Å². The maximum atomic E-state index is 13.2. The molecule has 0 aliphatic carbocycles. The van der Waals surface area contributed by atoms with Gasteiger partial charge >= 0.3 is 0 Å². The number of hydrogen-bond acceptors (Lipinski definition) is 4. The third-order valence-electron chi connectivity index (χ3n) is 6.91. The minimum atomic E-state index is -3.64. The first-order valence-corrected chi connectivity index (χ1v) is 13.5. The van der Waals surface area contributed by atoms with E-state index in [4.69, 9.17) is 11.6 Å². The Balaban J connectivity index is 1.24. The molecule has 6 nitrogen and oxygen atoms in total. The molecule has 8 heteroatoms. The average Bonchev–Trinajstić information content (AvgIpc) is 2.88. The van der Waals surface area contributed by atoms with E-state index in [2.05, 4.69) is 17.4 Å².